The molecule has 0 unspecified atom stereocenters. The molecule has 212 valence electrons. The minimum Gasteiger partial charge on any atom is -0.450 e. The van der Waals surface area contributed by atoms with Crippen LogP contribution >= 0.6 is 0 Å². The van der Waals surface area contributed by atoms with Gasteiger partial charge < -0.3 is 20.1 Å². The highest BCUT2D eigenvalue weighted by Crippen LogP contribution is 2.29. The summed E-state index contributed by atoms with van der Waals surface area (Å²) in [4.78, 5) is 34.4. The molecule has 1 amide bonds. The number of rotatable bonds is 8. The molecule has 0 radical (unpaired) electrons. The first kappa shape index (κ1) is 29.5. The van der Waals surface area contributed by atoms with Crippen LogP contribution in [0.2, 0.25) is 0 Å². The van der Waals surface area contributed by atoms with Crippen LogP contribution in [0.25, 0.3) is 22.2 Å². The number of benzene rings is 4. The number of nitrogens with zero attached hydrogens (tertiary/aromatic N) is 3. The van der Waals surface area contributed by atoms with Crippen molar-refractivity contribution < 1.29 is 19.4 Å². The topological polar surface area (TPSA) is 105 Å². The van der Waals surface area contributed by atoms with Crippen molar-refractivity contribution in [3.8, 4) is 11.4 Å². The van der Waals surface area contributed by atoms with Gasteiger partial charge in [-0.2, -0.15) is 0 Å². The zero-order chi connectivity index (χ0) is 29.7. The van der Waals surface area contributed by atoms with E-state index in [0.717, 1.165) is 34.7 Å². The van der Waals surface area contributed by atoms with Crippen LogP contribution < -0.4 is 5.32 Å². The van der Waals surface area contributed by atoms with Crippen molar-refractivity contribution in [1.82, 2.24) is 14.9 Å². The molecule has 42 heavy (non-hydrogen) atoms. The Labute approximate surface area is 244 Å². The third kappa shape index (κ3) is 7.79. The molecule has 0 bridgehead atoms. The van der Waals surface area contributed by atoms with Gasteiger partial charge in [0.05, 0.1) is 7.11 Å². The molecular formula is C34H32N4O4. The number of hydrogen-bond acceptors (Lipinski definition) is 6. The van der Waals surface area contributed by atoms with Gasteiger partial charge in [0.25, 0.3) is 5.91 Å². The molecule has 0 atom stereocenters. The number of carboxylic acid groups (broad SMARTS) is 1. The number of methoxy groups -OCH3 is 1. The number of carbonyl (C=O) groups excluding carboxylic acids is 1. The van der Waals surface area contributed by atoms with Crippen molar-refractivity contribution >= 4 is 34.3 Å². The number of aromatic nitrogens is 2. The first-order chi connectivity index (χ1) is 20.5. The predicted octanol–water partition coefficient (Wildman–Crippen LogP) is 7.57. The number of fused-ring (bicyclic) bond motifs is 1. The van der Waals surface area contributed by atoms with E-state index in [4.69, 9.17) is 14.9 Å². The summed E-state index contributed by atoms with van der Waals surface area (Å²) in [6, 6.07) is 34.0. The van der Waals surface area contributed by atoms with Gasteiger partial charge in [-0.15, -0.1) is 0 Å². The summed E-state index contributed by atoms with van der Waals surface area (Å²) in [5.74, 6) is 0.910. The Morgan fingerprint density at radius 1 is 0.905 bits per heavy atom. The average molecular weight is 561 g/mol. The van der Waals surface area contributed by atoms with Gasteiger partial charge in [0, 0.05) is 30.5 Å². The van der Waals surface area contributed by atoms with Gasteiger partial charge in [-0.05, 0) is 35.4 Å². The smallest absolute Gasteiger partial charge is 0.450 e. The van der Waals surface area contributed by atoms with Crippen LogP contribution in [0.1, 0.15) is 22.8 Å². The van der Waals surface area contributed by atoms with Crippen LogP contribution in [0.4, 0.5) is 16.3 Å². The van der Waals surface area contributed by atoms with Gasteiger partial charge in [0.15, 0.2) is 5.82 Å². The van der Waals surface area contributed by atoms with Gasteiger partial charge in [0.2, 0.25) is 0 Å². The van der Waals surface area contributed by atoms with Crippen molar-refractivity contribution in [2.24, 2.45) is 0 Å². The molecule has 0 spiro atoms. The Bertz CT molecular complexity index is 1650. The number of amides is 1. The molecule has 5 aromatic rings. The predicted molar refractivity (Wildman–Crippen MR) is 166 cm³/mol. The molecule has 4 aromatic carbocycles. The van der Waals surface area contributed by atoms with Crippen LogP contribution in [-0.4, -0.2) is 45.7 Å². The van der Waals surface area contributed by atoms with E-state index in [1.54, 1.807) is 6.20 Å². The summed E-state index contributed by atoms with van der Waals surface area (Å²) in [6.07, 6.45) is 4.33. The number of ether oxygens (including phenoxy) is 1. The molecular weight excluding hydrogens is 528 g/mol. The Hall–Kier alpha value is -5.50. The molecule has 0 aliphatic rings. The highest BCUT2D eigenvalue weighted by atomic mass is 16.6. The fraction of sp³-hybridized carbons (Fsp3) is 0.118. The maximum absolute atomic E-state index is 13.9. The molecule has 0 fully saturated rings. The van der Waals surface area contributed by atoms with E-state index in [1.807, 2.05) is 109 Å². The lowest BCUT2D eigenvalue weighted by Gasteiger charge is -2.23. The number of hydrogen-bond donors (Lipinski definition) is 2. The van der Waals surface area contributed by atoms with Gasteiger partial charge in [-0.1, -0.05) is 103 Å². The van der Waals surface area contributed by atoms with Gasteiger partial charge >= 0.3 is 6.16 Å². The van der Waals surface area contributed by atoms with E-state index in [9.17, 15) is 4.79 Å². The maximum atomic E-state index is 13.9. The van der Waals surface area contributed by atoms with E-state index in [0.29, 0.717) is 30.3 Å². The lowest BCUT2D eigenvalue weighted by atomic mass is 10.0. The van der Waals surface area contributed by atoms with Crippen molar-refractivity contribution in [3.63, 3.8) is 0 Å². The quantitative estimate of drug-likeness (QED) is 0.149. The zero-order valence-corrected chi connectivity index (χ0v) is 23.5. The van der Waals surface area contributed by atoms with Crippen LogP contribution in [0.5, 0.6) is 0 Å². The van der Waals surface area contributed by atoms with Crippen molar-refractivity contribution in [2.75, 3.05) is 19.0 Å². The summed E-state index contributed by atoms with van der Waals surface area (Å²) in [6.45, 7) is 2.93. The molecule has 8 heteroatoms. The number of allylic oxidation sites excluding steroid dienone is 1. The van der Waals surface area contributed by atoms with E-state index in [-0.39, 0.29) is 5.91 Å². The largest absolute Gasteiger partial charge is 0.505 e. The third-order valence-electron chi connectivity index (χ3n) is 6.33. The van der Waals surface area contributed by atoms with Crippen LogP contribution in [0, 0.1) is 0 Å². The fourth-order valence-electron chi connectivity index (χ4n) is 4.27. The zero-order valence-electron chi connectivity index (χ0n) is 23.5. The van der Waals surface area contributed by atoms with Gasteiger partial charge in [0.1, 0.15) is 11.4 Å². The Morgan fingerprint density at radius 2 is 1.55 bits per heavy atom. The minimum absolute atomic E-state index is 0.134. The van der Waals surface area contributed by atoms with E-state index in [1.165, 1.54) is 0 Å². The number of anilines is 2. The standard InChI is InChI=1S/C32H28N4O.C2H4O3/c1-2-3-21-36(23-24-13-6-4-7-14-24)32(37)29-22-33-30(35-31(29)34-26-17-8-5-9-18-26)28-20-12-16-25-15-10-11-19-27(25)28;1-5-2(3)4/h2-20,22H,21,23H2,1H3,(H,33,34,35);1H3,(H,3,4)/b3-2+;. The lowest BCUT2D eigenvalue weighted by molar-refractivity contribution is 0.0762. The molecule has 1 aromatic heterocycles. The van der Waals surface area contributed by atoms with E-state index >= 15 is 0 Å². The van der Waals surface area contributed by atoms with Crippen molar-refractivity contribution in [2.45, 2.75) is 13.5 Å². The molecule has 8 nitrogen and oxygen atoms in total. The normalized spacial score (nSPS) is 10.5. The fourth-order valence-corrected chi connectivity index (χ4v) is 4.27. The first-order valence-electron chi connectivity index (χ1n) is 13.4. The first-order valence-corrected chi connectivity index (χ1v) is 13.4. The lowest BCUT2D eigenvalue weighted by Crippen LogP contribution is -2.31. The van der Waals surface area contributed by atoms with E-state index < -0.39 is 6.16 Å². The Balaban J connectivity index is 0.000000748. The summed E-state index contributed by atoms with van der Waals surface area (Å²) >= 11 is 0. The van der Waals surface area contributed by atoms with Crippen LogP contribution in [0.3, 0.4) is 0 Å². The second kappa shape index (κ2) is 14.8. The summed E-state index contributed by atoms with van der Waals surface area (Å²) < 4.78 is 3.67. The second-order valence-corrected chi connectivity index (χ2v) is 9.18. The minimum atomic E-state index is -1.25. The Kier molecular flexibility index (Phi) is 10.4. The van der Waals surface area contributed by atoms with Crippen LogP contribution in [-0.2, 0) is 11.3 Å². The molecule has 0 saturated heterocycles. The average Bonchev–Trinajstić information content (AvgIpc) is 3.03. The number of para-hydroxylation sites is 1. The van der Waals surface area contributed by atoms with Gasteiger partial charge in [-0.3, -0.25) is 4.79 Å². The van der Waals surface area contributed by atoms with Crippen molar-refractivity contribution in [1.29, 1.82) is 0 Å². The molecule has 0 aliphatic carbocycles. The highest BCUT2D eigenvalue weighted by Gasteiger charge is 2.22. The van der Waals surface area contributed by atoms with Crippen LogP contribution in [0.15, 0.2) is 121 Å². The third-order valence-corrected chi connectivity index (χ3v) is 6.33. The summed E-state index contributed by atoms with van der Waals surface area (Å²) in [5, 5.41) is 13.0. The summed E-state index contributed by atoms with van der Waals surface area (Å²) in [5.41, 5.74) is 3.25. The SMILES string of the molecule is C/C=C/CN(Cc1ccccc1)C(=O)c1cnc(-c2cccc3ccccc23)nc1Nc1ccccc1.COC(=O)O. The highest BCUT2D eigenvalue weighted by molar-refractivity contribution is 6.00. The summed E-state index contributed by atoms with van der Waals surface area (Å²) in [7, 11) is 1.10. The molecule has 0 aliphatic heterocycles. The monoisotopic (exact) mass is 560 g/mol. The number of nitrogens with one attached hydrogen (secondary N) is 1. The molecule has 2 N–H and O–H groups in total. The molecule has 0 saturated carbocycles. The maximum Gasteiger partial charge on any atom is 0.505 e. The van der Waals surface area contributed by atoms with E-state index in [2.05, 4.69) is 33.2 Å². The van der Waals surface area contributed by atoms with Gasteiger partial charge in [-0.25, -0.2) is 14.8 Å². The second-order valence-electron chi connectivity index (χ2n) is 9.18. The Morgan fingerprint density at radius 3 is 2.24 bits per heavy atom. The number of carbonyl (C=O) groups is 2. The molecule has 5 rings (SSSR count). The molecule has 1 heterocycles. The van der Waals surface area contributed by atoms with Crippen molar-refractivity contribution in [3.05, 3.63) is 133 Å².